The van der Waals surface area contributed by atoms with Crippen LogP contribution in [0.5, 0.6) is 0 Å². The first-order valence-corrected chi connectivity index (χ1v) is 13.2. The lowest BCUT2D eigenvalue weighted by molar-refractivity contribution is -0.681. The van der Waals surface area contributed by atoms with Crippen molar-refractivity contribution < 1.29 is 9.36 Å². The number of aryl methyl sites for hydroxylation is 1. The van der Waals surface area contributed by atoms with E-state index in [-0.39, 0.29) is 5.91 Å². The minimum absolute atomic E-state index is 0.134. The van der Waals surface area contributed by atoms with Gasteiger partial charge >= 0.3 is 5.13 Å². The maximum absolute atomic E-state index is 12.8. The Hall–Kier alpha value is -4.62. The molecule has 0 aliphatic carbocycles. The standard InChI is InChI=1S/C31H27N5OS/c1-23-17-19-26(20-18-23)30(37)32-21-28-35-38-31(36(28)22-24-11-5-2-6-12-24)34-29(25-13-7-3-8-14-25)33-27-15-9-4-10-16-27/h2-20H,21-22H2,1H3,(H,32,37)/p+1. The summed E-state index contributed by atoms with van der Waals surface area (Å²) in [6, 6.07) is 37.7. The number of aromatic nitrogens is 2. The molecule has 0 spiro atoms. The molecule has 0 aliphatic rings. The van der Waals surface area contributed by atoms with Gasteiger partial charge in [0, 0.05) is 16.8 Å². The number of nitrogens with zero attached hydrogens (tertiary/aromatic N) is 3. The fraction of sp³-hybridized carbons (Fsp3) is 0.0968. The van der Waals surface area contributed by atoms with Gasteiger partial charge in [0.25, 0.3) is 11.7 Å². The van der Waals surface area contributed by atoms with Gasteiger partial charge in [-0.3, -0.25) is 4.79 Å². The number of rotatable bonds is 8. The number of nitrogens with one attached hydrogen (secondary N) is 2. The van der Waals surface area contributed by atoms with Gasteiger partial charge in [-0.05, 0) is 53.3 Å². The minimum Gasteiger partial charge on any atom is -0.342 e. The fourth-order valence-electron chi connectivity index (χ4n) is 3.92. The Balaban J connectivity index is 1.48. The molecule has 0 unspecified atom stereocenters. The summed E-state index contributed by atoms with van der Waals surface area (Å²) in [6.07, 6.45) is 0. The number of amidine groups is 1. The molecule has 1 heterocycles. The second kappa shape index (κ2) is 12.1. The highest BCUT2D eigenvalue weighted by Crippen LogP contribution is 2.19. The Morgan fingerprint density at radius 1 is 0.816 bits per heavy atom. The zero-order valence-electron chi connectivity index (χ0n) is 21.0. The van der Waals surface area contributed by atoms with E-state index in [9.17, 15) is 4.79 Å². The highest BCUT2D eigenvalue weighted by Gasteiger charge is 2.23. The third-order valence-electron chi connectivity index (χ3n) is 5.97. The van der Waals surface area contributed by atoms with E-state index in [4.69, 9.17) is 9.37 Å². The van der Waals surface area contributed by atoms with E-state index >= 15 is 0 Å². The molecule has 5 rings (SSSR count). The molecule has 4 aromatic carbocycles. The Morgan fingerprint density at radius 3 is 2.13 bits per heavy atom. The lowest BCUT2D eigenvalue weighted by Gasteiger charge is -2.08. The molecule has 1 amide bonds. The monoisotopic (exact) mass is 518 g/mol. The van der Waals surface area contributed by atoms with E-state index in [1.54, 1.807) is 0 Å². The van der Waals surface area contributed by atoms with Gasteiger partial charge in [-0.1, -0.05) is 89.4 Å². The Labute approximate surface area is 226 Å². The van der Waals surface area contributed by atoms with E-state index in [1.807, 2.05) is 110 Å². The SMILES string of the molecule is Cc1ccc(C(=O)NCc2nsc(N=C(Nc3ccccc3)c3ccccc3)[n+]2Cc2ccccc2)cc1. The molecule has 0 bridgehead atoms. The summed E-state index contributed by atoms with van der Waals surface area (Å²) in [7, 11) is 0. The maximum Gasteiger partial charge on any atom is 0.356 e. The van der Waals surface area contributed by atoms with Gasteiger partial charge in [0.2, 0.25) is 5.84 Å². The number of benzene rings is 4. The highest BCUT2D eigenvalue weighted by atomic mass is 32.1. The maximum atomic E-state index is 12.8. The Morgan fingerprint density at radius 2 is 1.45 bits per heavy atom. The molecule has 0 saturated heterocycles. The topological polar surface area (TPSA) is 70.3 Å². The average molecular weight is 519 g/mol. The number of anilines is 1. The van der Waals surface area contributed by atoms with E-state index in [1.165, 1.54) is 11.5 Å². The number of para-hydroxylation sites is 1. The van der Waals surface area contributed by atoms with Crippen LogP contribution in [-0.4, -0.2) is 16.1 Å². The molecule has 0 saturated carbocycles. The van der Waals surface area contributed by atoms with Crippen molar-refractivity contribution in [2.75, 3.05) is 5.32 Å². The largest absolute Gasteiger partial charge is 0.356 e. The van der Waals surface area contributed by atoms with Crippen molar-refractivity contribution in [3.8, 4) is 0 Å². The van der Waals surface area contributed by atoms with Crippen LogP contribution in [0, 0.1) is 6.92 Å². The van der Waals surface area contributed by atoms with Gasteiger partial charge in [-0.2, -0.15) is 0 Å². The number of amides is 1. The molecular formula is C31H28N5OS+. The Kier molecular flexibility index (Phi) is 7.96. The second-order valence-electron chi connectivity index (χ2n) is 8.82. The third-order valence-corrected chi connectivity index (χ3v) is 6.75. The van der Waals surface area contributed by atoms with Crippen molar-refractivity contribution in [2.45, 2.75) is 20.0 Å². The van der Waals surface area contributed by atoms with E-state index < -0.39 is 0 Å². The molecule has 0 atom stereocenters. The number of aliphatic imine (C=N–C) groups is 1. The minimum atomic E-state index is -0.134. The normalized spacial score (nSPS) is 11.2. The summed E-state index contributed by atoms with van der Waals surface area (Å²) in [5.74, 6) is 1.33. The van der Waals surface area contributed by atoms with Crippen LogP contribution in [0.25, 0.3) is 0 Å². The number of hydrogen-bond acceptors (Lipinski definition) is 4. The first-order chi connectivity index (χ1) is 18.7. The molecule has 7 heteroatoms. The van der Waals surface area contributed by atoms with Crippen LogP contribution in [0.4, 0.5) is 10.8 Å². The number of carbonyl (C=O) groups excluding carboxylic acids is 1. The van der Waals surface area contributed by atoms with Crippen LogP contribution >= 0.6 is 11.5 Å². The van der Waals surface area contributed by atoms with Crippen LogP contribution in [0.3, 0.4) is 0 Å². The van der Waals surface area contributed by atoms with Crippen LogP contribution < -0.4 is 15.2 Å². The first-order valence-electron chi connectivity index (χ1n) is 12.4. The van der Waals surface area contributed by atoms with Crippen LogP contribution in [0.1, 0.15) is 32.9 Å². The summed E-state index contributed by atoms with van der Waals surface area (Å²) in [4.78, 5) is 17.8. The predicted molar refractivity (Wildman–Crippen MR) is 153 cm³/mol. The van der Waals surface area contributed by atoms with Crippen molar-refractivity contribution >= 4 is 34.1 Å². The lowest BCUT2D eigenvalue weighted by Crippen LogP contribution is -2.40. The summed E-state index contributed by atoms with van der Waals surface area (Å²) >= 11 is 1.31. The number of carbonyl (C=O) groups is 1. The lowest BCUT2D eigenvalue weighted by atomic mass is 10.1. The van der Waals surface area contributed by atoms with Crippen LogP contribution in [0.15, 0.2) is 120 Å². The average Bonchev–Trinajstić information content (AvgIpc) is 3.34. The zero-order chi connectivity index (χ0) is 26.2. The summed E-state index contributed by atoms with van der Waals surface area (Å²) in [5.41, 5.74) is 4.77. The highest BCUT2D eigenvalue weighted by molar-refractivity contribution is 7.09. The number of hydrogen-bond donors (Lipinski definition) is 2. The molecule has 0 radical (unpaired) electrons. The molecular weight excluding hydrogens is 490 g/mol. The van der Waals surface area contributed by atoms with Crippen molar-refractivity contribution in [1.82, 2.24) is 9.69 Å². The van der Waals surface area contributed by atoms with Gasteiger partial charge in [0.05, 0.1) is 6.54 Å². The van der Waals surface area contributed by atoms with Crippen molar-refractivity contribution in [2.24, 2.45) is 4.99 Å². The Bertz CT molecular complexity index is 1520. The molecule has 0 fully saturated rings. The van der Waals surface area contributed by atoms with Crippen molar-refractivity contribution in [1.29, 1.82) is 0 Å². The zero-order valence-corrected chi connectivity index (χ0v) is 21.9. The molecule has 38 heavy (non-hydrogen) atoms. The smallest absolute Gasteiger partial charge is 0.342 e. The fourth-order valence-corrected chi connectivity index (χ4v) is 4.67. The van der Waals surface area contributed by atoms with Crippen molar-refractivity contribution in [3.05, 3.63) is 143 Å². The van der Waals surface area contributed by atoms with Gasteiger partial charge in [0.1, 0.15) is 18.1 Å². The molecule has 0 aliphatic heterocycles. The molecule has 2 N–H and O–H groups in total. The van der Waals surface area contributed by atoms with Gasteiger partial charge in [0.15, 0.2) is 0 Å². The third kappa shape index (κ3) is 6.38. The molecule has 1 aromatic heterocycles. The molecule has 5 aromatic rings. The van der Waals surface area contributed by atoms with E-state index in [2.05, 4.69) is 27.3 Å². The van der Waals surface area contributed by atoms with Crippen LogP contribution in [-0.2, 0) is 13.1 Å². The van der Waals surface area contributed by atoms with Gasteiger partial charge in [-0.15, -0.1) is 0 Å². The molecule has 6 nitrogen and oxygen atoms in total. The predicted octanol–water partition coefficient (Wildman–Crippen LogP) is 5.91. The molecule has 188 valence electrons. The second-order valence-corrected chi connectivity index (χ2v) is 9.55. The summed E-state index contributed by atoms with van der Waals surface area (Å²) < 4.78 is 6.76. The van der Waals surface area contributed by atoms with Crippen molar-refractivity contribution in [3.63, 3.8) is 0 Å². The first kappa shape index (κ1) is 25.0. The van der Waals surface area contributed by atoms with E-state index in [0.29, 0.717) is 18.7 Å². The summed E-state index contributed by atoms with van der Waals surface area (Å²) in [5, 5.41) is 7.22. The van der Waals surface area contributed by atoms with Gasteiger partial charge < -0.3 is 10.6 Å². The summed E-state index contributed by atoms with van der Waals surface area (Å²) in [6.45, 7) is 2.87. The van der Waals surface area contributed by atoms with Crippen LogP contribution in [0.2, 0.25) is 0 Å². The quantitative estimate of drug-likeness (QED) is 0.152. The van der Waals surface area contributed by atoms with E-state index in [0.717, 1.165) is 39.2 Å². The van der Waals surface area contributed by atoms with Gasteiger partial charge in [-0.25, -0.2) is 4.57 Å².